The summed E-state index contributed by atoms with van der Waals surface area (Å²) in [5.41, 5.74) is 10.7. The van der Waals surface area contributed by atoms with Crippen LogP contribution in [0.4, 0.5) is 23.5 Å². The van der Waals surface area contributed by atoms with Crippen molar-refractivity contribution in [2.24, 2.45) is 0 Å². The molecular formula is C85H120F5O5S5. The second kappa shape index (κ2) is 37.3. The van der Waals surface area contributed by atoms with E-state index in [0.717, 1.165) is 89.6 Å². The summed E-state index contributed by atoms with van der Waals surface area (Å²) < 4.78 is 31.0. The van der Waals surface area contributed by atoms with Gasteiger partial charge in [-0.3, -0.25) is 23.5 Å². The number of ether oxygens (including phenoxy) is 5. The average Bonchev–Trinajstić information content (AvgIpc) is 0.783. The fourth-order valence-corrected chi connectivity index (χ4v) is 20.3. The van der Waals surface area contributed by atoms with E-state index >= 15 is 0 Å². The molecule has 15 aliphatic rings. The lowest BCUT2D eigenvalue weighted by Crippen LogP contribution is -2.49. The van der Waals surface area contributed by atoms with Gasteiger partial charge < -0.3 is 23.7 Å². The topological polar surface area (TPSA) is 46.2 Å². The summed E-state index contributed by atoms with van der Waals surface area (Å²) in [5.74, 6) is 0. The molecule has 15 aliphatic carbocycles. The highest BCUT2D eigenvalue weighted by Gasteiger charge is 2.54. The van der Waals surface area contributed by atoms with Gasteiger partial charge >= 0.3 is 0 Å². The predicted octanol–water partition coefficient (Wildman–Crippen LogP) is 25.8. The van der Waals surface area contributed by atoms with Crippen LogP contribution in [0.25, 0.3) is 0 Å². The molecule has 5 aromatic rings. The van der Waals surface area contributed by atoms with Crippen LogP contribution in [-0.4, -0.2) is 61.0 Å². The highest BCUT2D eigenvalue weighted by atomic mass is 32.1. The van der Waals surface area contributed by atoms with E-state index in [4.69, 9.17) is 86.8 Å². The zero-order valence-electron chi connectivity index (χ0n) is 61.0. The Labute approximate surface area is 627 Å². The van der Waals surface area contributed by atoms with E-state index in [9.17, 15) is 0 Å². The number of rotatable bonds is 20. The molecule has 0 aromatic heterocycles. The van der Waals surface area contributed by atoms with E-state index in [1.807, 2.05) is 0 Å². The Bertz CT molecular complexity index is 2590. The van der Waals surface area contributed by atoms with Gasteiger partial charge in [0.15, 0.2) is 0 Å². The van der Waals surface area contributed by atoms with E-state index in [-0.39, 0.29) is 51.5 Å². The van der Waals surface area contributed by atoms with E-state index < -0.39 is 0 Å². The lowest BCUT2D eigenvalue weighted by atomic mass is 9.56. The first-order valence-electron chi connectivity index (χ1n) is 38.0. The monoisotopic (exact) mass is 1480 g/mol. The lowest BCUT2D eigenvalue weighted by Gasteiger charge is -2.53. The van der Waals surface area contributed by atoms with Crippen LogP contribution in [-0.2, 0) is 50.8 Å². The van der Waals surface area contributed by atoms with Crippen molar-refractivity contribution in [1.82, 2.24) is 0 Å². The second-order valence-corrected chi connectivity index (χ2v) is 34.0. The van der Waals surface area contributed by atoms with Crippen LogP contribution < -0.4 is 0 Å². The Morgan fingerprint density at radius 3 is 0.410 bits per heavy atom. The molecule has 15 fully saturated rings. The zero-order valence-corrected chi connectivity index (χ0v) is 65.0. The molecule has 0 aliphatic heterocycles. The molecule has 5 radical (unpaired) electrons. The number of benzene rings is 5. The molecule has 15 saturated carbocycles. The third kappa shape index (κ3) is 19.4. The summed E-state index contributed by atoms with van der Waals surface area (Å²) >= 11 is 26.0. The third-order valence-corrected chi connectivity index (χ3v) is 27.6. The molecule has 5 nitrogen and oxygen atoms in total. The maximum atomic E-state index is 6.19. The van der Waals surface area contributed by atoms with Gasteiger partial charge in [0, 0.05) is 57.5 Å². The summed E-state index contributed by atoms with van der Waals surface area (Å²) in [6.45, 7) is 15.6. The highest BCUT2D eigenvalue weighted by molar-refractivity contribution is 7.81. The van der Waals surface area contributed by atoms with Gasteiger partial charge in [-0.05, 0) is 340 Å². The maximum Gasteiger partial charge on any atom is 0.0683 e. The minimum Gasteiger partial charge on any atom is -0.375 e. The van der Waals surface area contributed by atoms with Crippen LogP contribution in [0.5, 0.6) is 0 Å². The summed E-state index contributed by atoms with van der Waals surface area (Å²) in [7, 11) is 0. The normalized spacial score (nSPS) is 31.9. The second-order valence-electron chi connectivity index (χ2n) is 31.7. The Morgan fingerprint density at radius 2 is 0.310 bits per heavy atom. The first kappa shape index (κ1) is 85.6. The standard InChI is InChI=1S/5C17H23OS.5FH/c5*1-2-13-18-17-10-7-16(8-11-17,9-12-17)14-3-5-15(19)6-4-14;;;;;/h5*3-6H,2,7-13H2,1H3;5*1H. The SMILES string of the molecule is CCCOC12CCC(c3ccc([S])cc3)(CC1)CC2.CCCOC12CCC(c3ccc([S])cc3)(CC1)CC2.CCCOC12CCC(c3ccc([S])cc3)(CC1)CC2.CCCOC12CCC(c3ccc([S])cc3)(CC1)CC2.CCCOC12CCC(c3ccc([S])cc3)(CC1)CC2.F.F.F.F.F. The molecule has 0 atom stereocenters. The van der Waals surface area contributed by atoms with Gasteiger partial charge in [0.25, 0.3) is 0 Å². The molecular weight excluding hydrogens is 1360 g/mol. The summed E-state index contributed by atoms with van der Waals surface area (Å²) in [5, 5.41) is 0. The first-order valence-corrected chi connectivity index (χ1v) is 40.0. The minimum atomic E-state index is 0. The zero-order chi connectivity index (χ0) is 66.7. The molecule has 555 valence electrons. The van der Waals surface area contributed by atoms with Crippen molar-refractivity contribution in [3.63, 3.8) is 0 Å². The molecule has 0 heterocycles. The van der Waals surface area contributed by atoms with Crippen molar-refractivity contribution in [2.75, 3.05) is 33.0 Å². The van der Waals surface area contributed by atoms with E-state index in [1.165, 1.54) is 220 Å². The number of hydrogen-bond acceptors (Lipinski definition) is 5. The van der Waals surface area contributed by atoms with E-state index in [0.29, 0.717) is 27.1 Å². The van der Waals surface area contributed by atoms with Gasteiger partial charge in [-0.25, -0.2) is 0 Å². The summed E-state index contributed by atoms with van der Waals surface area (Å²) in [6, 6.07) is 43.4. The van der Waals surface area contributed by atoms with Crippen LogP contribution in [0.1, 0.15) is 287 Å². The van der Waals surface area contributed by atoms with E-state index in [1.54, 1.807) is 0 Å². The van der Waals surface area contributed by atoms with Gasteiger partial charge in [0.2, 0.25) is 0 Å². The van der Waals surface area contributed by atoms with Crippen molar-refractivity contribution >= 4 is 63.1 Å². The fourth-order valence-electron chi connectivity index (χ4n) is 19.6. The minimum absolute atomic E-state index is 0. The van der Waals surface area contributed by atoms with Gasteiger partial charge in [-0.1, -0.05) is 158 Å². The molecule has 10 bridgehead atoms. The van der Waals surface area contributed by atoms with E-state index in [2.05, 4.69) is 156 Å². The van der Waals surface area contributed by atoms with Crippen molar-refractivity contribution in [3.05, 3.63) is 149 Å². The molecule has 0 saturated heterocycles. The van der Waals surface area contributed by atoms with Gasteiger partial charge in [0.1, 0.15) is 0 Å². The molecule has 100 heavy (non-hydrogen) atoms. The summed E-state index contributed by atoms with van der Waals surface area (Å²) in [6.07, 6.45) is 43.5. The fraction of sp³-hybridized carbons (Fsp3) is 0.647. The van der Waals surface area contributed by atoms with Crippen LogP contribution in [0, 0.1) is 0 Å². The predicted molar refractivity (Wildman–Crippen MR) is 416 cm³/mol. The average molecular weight is 1480 g/mol. The molecule has 0 N–H and O–H groups in total. The van der Waals surface area contributed by atoms with Gasteiger partial charge in [0.05, 0.1) is 28.0 Å². The highest BCUT2D eigenvalue weighted by Crippen LogP contribution is 2.60. The molecule has 0 unspecified atom stereocenters. The van der Waals surface area contributed by atoms with Crippen LogP contribution in [0.2, 0.25) is 0 Å². The van der Waals surface area contributed by atoms with Gasteiger partial charge in [-0.15, -0.1) is 0 Å². The number of fused-ring (bicyclic) bond motifs is 15. The smallest absolute Gasteiger partial charge is 0.0683 e. The molecule has 0 spiro atoms. The molecule has 20 rings (SSSR count). The largest absolute Gasteiger partial charge is 0.375 e. The molecule has 5 aromatic carbocycles. The number of halogens is 5. The Balaban J connectivity index is 0.000000194. The van der Waals surface area contributed by atoms with Gasteiger partial charge in [-0.2, -0.15) is 0 Å². The quantitative estimate of drug-likeness (QED) is 0.0727. The lowest BCUT2D eigenvalue weighted by molar-refractivity contribution is -0.118. The van der Waals surface area contributed by atoms with Crippen LogP contribution >= 0.6 is 63.1 Å². The van der Waals surface area contributed by atoms with Crippen molar-refractivity contribution in [3.8, 4) is 0 Å². The van der Waals surface area contributed by atoms with Crippen LogP contribution in [0.3, 0.4) is 0 Å². The Hall–Kier alpha value is -3.35. The Kier molecular flexibility index (Phi) is 31.9. The Morgan fingerprint density at radius 1 is 0.200 bits per heavy atom. The van der Waals surface area contributed by atoms with Crippen LogP contribution in [0.15, 0.2) is 146 Å². The number of hydrogen-bond donors (Lipinski definition) is 0. The first-order chi connectivity index (χ1) is 45.9. The van der Waals surface area contributed by atoms with Crippen molar-refractivity contribution in [2.45, 2.75) is 339 Å². The summed E-state index contributed by atoms with van der Waals surface area (Å²) in [4.78, 5) is 4.76. The molecule has 15 heteroatoms. The van der Waals surface area contributed by atoms with Crippen molar-refractivity contribution < 1.29 is 47.2 Å². The third-order valence-electron chi connectivity index (χ3n) is 26.3. The molecule has 0 amide bonds. The maximum absolute atomic E-state index is 6.19. The van der Waals surface area contributed by atoms with Crippen molar-refractivity contribution in [1.29, 1.82) is 0 Å².